The second-order valence-corrected chi connectivity index (χ2v) is 8.75. The van der Waals surface area contributed by atoms with E-state index in [2.05, 4.69) is 42.4 Å². The molecule has 5 rings (SSSR count). The van der Waals surface area contributed by atoms with Gasteiger partial charge in [0.1, 0.15) is 11.3 Å². The Kier molecular flexibility index (Phi) is 6.30. The molecule has 0 spiro atoms. The van der Waals surface area contributed by atoms with Gasteiger partial charge in [0, 0.05) is 66.6 Å². The molecule has 0 aliphatic carbocycles. The van der Waals surface area contributed by atoms with E-state index in [1.807, 2.05) is 12.1 Å². The summed E-state index contributed by atoms with van der Waals surface area (Å²) in [5.41, 5.74) is 2.61. The van der Waals surface area contributed by atoms with E-state index in [1.54, 1.807) is 42.6 Å². The number of aromatic amines is 2. The molecular formula is C24H24ClN7O3. The van der Waals surface area contributed by atoms with Crippen LogP contribution in [0.2, 0.25) is 5.02 Å². The number of nitrogens with zero attached hydrogens (tertiary/aromatic N) is 3. The molecule has 1 fully saturated rings. The lowest BCUT2D eigenvalue weighted by molar-refractivity contribution is 0.262. The Morgan fingerprint density at radius 3 is 2.66 bits per heavy atom. The number of piperazine rings is 1. The quantitative estimate of drug-likeness (QED) is 0.332. The number of likely N-dealkylation sites (N-methyl/N-ethyl adjacent to an activating group) is 1. The van der Waals surface area contributed by atoms with Gasteiger partial charge in [-0.1, -0.05) is 17.7 Å². The Hall–Kier alpha value is -4.02. The van der Waals surface area contributed by atoms with Gasteiger partial charge in [-0.25, -0.2) is 14.6 Å². The van der Waals surface area contributed by atoms with E-state index < -0.39 is 6.03 Å². The van der Waals surface area contributed by atoms with Crippen molar-refractivity contribution in [2.24, 2.45) is 0 Å². The van der Waals surface area contributed by atoms with E-state index in [0.29, 0.717) is 39.1 Å². The first-order chi connectivity index (χ1) is 16.9. The number of H-pyrrole nitrogens is 2. The Bertz CT molecular complexity index is 1430. The number of amides is 2. The number of hydrogen-bond donors (Lipinski definition) is 4. The van der Waals surface area contributed by atoms with E-state index in [4.69, 9.17) is 16.3 Å². The van der Waals surface area contributed by atoms with Gasteiger partial charge in [0.2, 0.25) is 0 Å². The number of pyridine rings is 1. The van der Waals surface area contributed by atoms with Crippen molar-refractivity contribution in [3.05, 3.63) is 70.2 Å². The maximum Gasteiger partial charge on any atom is 0.325 e. The van der Waals surface area contributed by atoms with E-state index in [9.17, 15) is 9.59 Å². The van der Waals surface area contributed by atoms with E-state index in [0.717, 1.165) is 31.9 Å². The third-order valence-corrected chi connectivity index (χ3v) is 5.93. The van der Waals surface area contributed by atoms with Crippen LogP contribution >= 0.6 is 11.6 Å². The summed E-state index contributed by atoms with van der Waals surface area (Å²) in [5.74, 6) is 0.919. The molecule has 0 radical (unpaired) electrons. The van der Waals surface area contributed by atoms with Gasteiger partial charge < -0.3 is 30.2 Å². The maximum atomic E-state index is 12.7. The number of aromatic nitrogens is 3. The Morgan fingerprint density at radius 1 is 1.03 bits per heavy atom. The summed E-state index contributed by atoms with van der Waals surface area (Å²) >= 11 is 6.33. The van der Waals surface area contributed by atoms with Gasteiger partial charge in [-0.05, 0) is 37.4 Å². The number of hydrogen-bond acceptors (Lipinski definition) is 6. The summed E-state index contributed by atoms with van der Waals surface area (Å²) in [6.07, 6.45) is 1.54. The van der Waals surface area contributed by atoms with Crippen molar-refractivity contribution in [1.82, 2.24) is 19.9 Å². The molecule has 3 heterocycles. The monoisotopic (exact) mass is 493 g/mol. The standard InChI is InChI=1S/C24H24ClN7O3/c1-31-7-9-32(10-8-31)18-12-15(25)11-17(13-18)28-23(33)27-16-3-2-4-19(14-16)35-20-5-6-26-22-21(20)29-24(34)30-22/h2-6,11-14H,7-10H2,1H3,(H2,27,28,33)(H2,26,29,30,34). The van der Waals surface area contributed by atoms with Crippen molar-refractivity contribution < 1.29 is 9.53 Å². The lowest BCUT2D eigenvalue weighted by atomic mass is 10.2. The fourth-order valence-electron chi connectivity index (χ4n) is 3.95. The molecule has 10 nitrogen and oxygen atoms in total. The van der Waals surface area contributed by atoms with Crippen LogP contribution in [-0.2, 0) is 0 Å². The molecule has 2 aromatic carbocycles. The molecule has 0 bridgehead atoms. The van der Waals surface area contributed by atoms with Crippen LogP contribution in [0.4, 0.5) is 21.9 Å². The summed E-state index contributed by atoms with van der Waals surface area (Å²) in [6.45, 7) is 3.74. The number of carbonyl (C=O) groups excluding carboxylic acids is 1. The molecule has 1 aliphatic heterocycles. The average Bonchev–Trinajstić information content (AvgIpc) is 3.20. The van der Waals surface area contributed by atoms with Crippen molar-refractivity contribution in [2.45, 2.75) is 0 Å². The summed E-state index contributed by atoms with van der Waals surface area (Å²) < 4.78 is 5.92. The molecule has 0 saturated carbocycles. The van der Waals surface area contributed by atoms with E-state index >= 15 is 0 Å². The van der Waals surface area contributed by atoms with Crippen molar-refractivity contribution in [3.63, 3.8) is 0 Å². The molecule has 11 heteroatoms. The number of imidazole rings is 1. The molecule has 180 valence electrons. The first kappa shape index (κ1) is 22.8. The molecule has 0 unspecified atom stereocenters. The number of anilines is 3. The highest BCUT2D eigenvalue weighted by Crippen LogP contribution is 2.29. The number of ether oxygens (including phenoxy) is 1. The molecule has 35 heavy (non-hydrogen) atoms. The molecular weight excluding hydrogens is 470 g/mol. The highest BCUT2D eigenvalue weighted by molar-refractivity contribution is 6.31. The molecule has 4 aromatic rings. The zero-order valence-electron chi connectivity index (χ0n) is 19.0. The fraction of sp³-hybridized carbons (Fsp3) is 0.208. The molecule has 0 atom stereocenters. The Morgan fingerprint density at radius 2 is 1.83 bits per heavy atom. The molecule has 1 aliphatic rings. The van der Waals surface area contributed by atoms with Crippen molar-refractivity contribution in [2.75, 3.05) is 48.8 Å². The second kappa shape index (κ2) is 9.69. The van der Waals surface area contributed by atoms with E-state index in [1.165, 1.54) is 0 Å². The first-order valence-electron chi connectivity index (χ1n) is 11.1. The number of carbonyl (C=O) groups is 1. The summed E-state index contributed by atoms with van der Waals surface area (Å²) in [7, 11) is 2.10. The highest BCUT2D eigenvalue weighted by Gasteiger charge is 2.16. The number of benzene rings is 2. The molecule has 1 saturated heterocycles. The minimum Gasteiger partial charge on any atom is -0.455 e. The lowest BCUT2D eigenvalue weighted by Crippen LogP contribution is -2.44. The van der Waals surface area contributed by atoms with Gasteiger partial charge in [0.05, 0.1) is 0 Å². The van der Waals surface area contributed by atoms with Crippen LogP contribution in [0, 0.1) is 0 Å². The number of urea groups is 1. The Balaban J connectivity index is 1.27. The normalized spacial score (nSPS) is 14.2. The van der Waals surface area contributed by atoms with Crippen LogP contribution in [0.1, 0.15) is 0 Å². The third kappa shape index (κ3) is 5.39. The predicted molar refractivity (Wildman–Crippen MR) is 137 cm³/mol. The van der Waals surface area contributed by atoms with Crippen molar-refractivity contribution >= 4 is 45.9 Å². The molecule has 2 amide bonds. The smallest absolute Gasteiger partial charge is 0.325 e. The van der Waals surface area contributed by atoms with E-state index in [-0.39, 0.29) is 5.69 Å². The largest absolute Gasteiger partial charge is 0.455 e. The van der Waals surface area contributed by atoms with Gasteiger partial charge in [0.15, 0.2) is 11.4 Å². The average molecular weight is 494 g/mol. The van der Waals surface area contributed by atoms with Gasteiger partial charge in [-0.15, -0.1) is 0 Å². The lowest BCUT2D eigenvalue weighted by Gasteiger charge is -2.34. The Labute approximate surface area is 205 Å². The number of fused-ring (bicyclic) bond motifs is 1. The third-order valence-electron chi connectivity index (χ3n) is 5.71. The SMILES string of the molecule is CN1CCN(c2cc(Cl)cc(NC(=O)Nc3cccc(Oc4ccnc5[nH]c(=O)[nH]c45)c3)c2)CC1. The number of nitrogens with one attached hydrogen (secondary N) is 4. The minimum absolute atomic E-state index is 0.368. The summed E-state index contributed by atoms with van der Waals surface area (Å²) in [5, 5.41) is 6.22. The van der Waals surface area contributed by atoms with Gasteiger partial charge in [-0.3, -0.25) is 4.98 Å². The summed E-state index contributed by atoms with van der Waals surface area (Å²) in [6, 6.07) is 13.7. The van der Waals surface area contributed by atoms with Crippen molar-refractivity contribution in [1.29, 1.82) is 0 Å². The number of halogens is 1. The van der Waals surface area contributed by atoms with Gasteiger partial charge in [0.25, 0.3) is 0 Å². The van der Waals surface area contributed by atoms with Crippen LogP contribution in [0.5, 0.6) is 11.5 Å². The van der Waals surface area contributed by atoms with Gasteiger partial charge in [-0.2, -0.15) is 0 Å². The minimum atomic E-state index is -0.407. The zero-order chi connectivity index (χ0) is 24.4. The van der Waals surface area contributed by atoms with Gasteiger partial charge >= 0.3 is 11.7 Å². The van der Waals surface area contributed by atoms with Crippen LogP contribution in [0.3, 0.4) is 0 Å². The second-order valence-electron chi connectivity index (χ2n) is 8.31. The fourth-order valence-corrected chi connectivity index (χ4v) is 4.18. The highest BCUT2D eigenvalue weighted by atomic mass is 35.5. The van der Waals surface area contributed by atoms with Crippen LogP contribution in [0.25, 0.3) is 11.2 Å². The molecule has 2 aromatic heterocycles. The van der Waals surface area contributed by atoms with Crippen LogP contribution in [0.15, 0.2) is 59.5 Å². The van der Waals surface area contributed by atoms with Crippen LogP contribution < -0.4 is 26.0 Å². The predicted octanol–water partition coefficient (Wildman–Crippen LogP) is 4.09. The maximum absolute atomic E-state index is 12.7. The van der Waals surface area contributed by atoms with Crippen molar-refractivity contribution in [3.8, 4) is 11.5 Å². The topological polar surface area (TPSA) is 118 Å². The zero-order valence-corrected chi connectivity index (χ0v) is 19.7. The van der Waals surface area contributed by atoms with Crippen LogP contribution in [-0.4, -0.2) is 59.1 Å². The first-order valence-corrected chi connectivity index (χ1v) is 11.5. The number of rotatable bonds is 5. The summed E-state index contributed by atoms with van der Waals surface area (Å²) in [4.78, 5) is 38.2. The molecule has 4 N–H and O–H groups in total.